The summed E-state index contributed by atoms with van der Waals surface area (Å²) in [6, 6.07) is 7.85. The van der Waals surface area contributed by atoms with Crippen LogP contribution in [-0.2, 0) is 11.2 Å². The second-order valence-electron chi connectivity index (χ2n) is 5.96. The molecule has 1 aliphatic carbocycles. The average molecular weight is 330 g/mol. The Kier molecular flexibility index (Phi) is 5.23. The number of nitrogens with zero attached hydrogens (tertiary/aromatic N) is 2. The van der Waals surface area contributed by atoms with Crippen LogP contribution in [0.5, 0.6) is 0 Å². The molecule has 1 amide bonds. The lowest BCUT2D eigenvalue weighted by molar-refractivity contribution is -0.115. The zero-order chi connectivity index (χ0) is 16.1. The van der Waals surface area contributed by atoms with Crippen molar-refractivity contribution in [1.82, 2.24) is 10.2 Å². The van der Waals surface area contributed by atoms with Crippen LogP contribution in [-0.4, -0.2) is 23.2 Å². The molecule has 23 heavy (non-hydrogen) atoms. The lowest BCUT2D eigenvalue weighted by atomic mass is 9.90. The minimum absolute atomic E-state index is 0.0513. The van der Waals surface area contributed by atoms with Crippen molar-refractivity contribution in [3.05, 3.63) is 34.8 Å². The number of hydrogen-bond acceptors (Lipinski definition) is 5. The summed E-state index contributed by atoms with van der Waals surface area (Å²) in [5.74, 6) is 0.476. The van der Waals surface area contributed by atoms with Crippen molar-refractivity contribution in [3.8, 4) is 0 Å². The summed E-state index contributed by atoms with van der Waals surface area (Å²) in [7, 11) is 1.87. The van der Waals surface area contributed by atoms with E-state index in [2.05, 4.69) is 20.8 Å². The van der Waals surface area contributed by atoms with Crippen LogP contribution in [0.15, 0.2) is 24.3 Å². The third kappa shape index (κ3) is 4.28. The van der Waals surface area contributed by atoms with E-state index in [1.165, 1.54) is 43.4 Å². The molecule has 1 aromatic heterocycles. The SMILES string of the molecule is CNc1cccc(CC(=O)Nc2nnc(C3CCCCC3)s2)c1. The summed E-state index contributed by atoms with van der Waals surface area (Å²) in [6.07, 6.45) is 6.60. The van der Waals surface area contributed by atoms with Gasteiger partial charge in [-0.2, -0.15) is 0 Å². The maximum absolute atomic E-state index is 12.2. The van der Waals surface area contributed by atoms with Crippen molar-refractivity contribution in [3.63, 3.8) is 0 Å². The minimum atomic E-state index is -0.0513. The summed E-state index contributed by atoms with van der Waals surface area (Å²) in [4.78, 5) is 12.2. The Balaban J connectivity index is 1.58. The Morgan fingerprint density at radius 3 is 2.87 bits per heavy atom. The van der Waals surface area contributed by atoms with Gasteiger partial charge in [0, 0.05) is 18.7 Å². The van der Waals surface area contributed by atoms with Crippen LogP contribution in [0.25, 0.3) is 0 Å². The highest BCUT2D eigenvalue weighted by atomic mass is 32.1. The molecule has 0 aliphatic heterocycles. The zero-order valence-electron chi connectivity index (χ0n) is 13.3. The van der Waals surface area contributed by atoms with Crippen LogP contribution >= 0.6 is 11.3 Å². The third-order valence-electron chi connectivity index (χ3n) is 4.22. The van der Waals surface area contributed by atoms with Crippen LogP contribution in [0.1, 0.15) is 48.6 Å². The third-order valence-corrected chi connectivity index (χ3v) is 5.22. The van der Waals surface area contributed by atoms with Gasteiger partial charge in [-0.25, -0.2) is 0 Å². The lowest BCUT2D eigenvalue weighted by Gasteiger charge is -2.18. The van der Waals surface area contributed by atoms with E-state index in [-0.39, 0.29) is 5.91 Å². The smallest absolute Gasteiger partial charge is 0.230 e. The van der Waals surface area contributed by atoms with E-state index >= 15 is 0 Å². The van der Waals surface area contributed by atoms with Crippen LogP contribution in [0.3, 0.4) is 0 Å². The first kappa shape index (κ1) is 15.9. The molecule has 2 N–H and O–H groups in total. The molecule has 1 aromatic carbocycles. The summed E-state index contributed by atoms with van der Waals surface area (Å²) >= 11 is 1.52. The molecule has 5 nitrogen and oxygen atoms in total. The summed E-state index contributed by atoms with van der Waals surface area (Å²) < 4.78 is 0. The maximum Gasteiger partial charge on any atom is 0.230 e. The van der Waals surface area contributed by atoms with Gasteiger partial charge in [0.25, 0.3) is 0 Å². The molecule has 0 saturated heterocycles. The highest BCUT2D eigenvalue weighted by Crippen LogP contribution is 2.35. The number of aromatic nitrogens is 2. The molecule has 0 bridgehead atoms. The van der Waals surface area contributed by atoms with Crippen molar-refractivity contribution in [2.45, 2.75) is 44.4 Å². The monoisotopic (exact) mass is 330 g/mol. The number of carbonyl (C=O) groups is 1. The van der Waals surface area contributed by atoms with Crippen LogP contribution in [0.4, 0.5) is 10.8 Å². The minimum Gasteiger partial charge on any atom is -0.388 e. The molecule has 3 rings (SSSR count). The highest BCUT2D eigenvalue weighted by molar-refractivity contribution is 7.15. The largest absolute Gasteiger partial charge is 0.388 e. The molecule has 0 spiro atoms. The van der Waals surface area contributed by atoms with Gasteiger partial charge in [0.15, 0.2) is 0 Å². The Morgan fingerprint density at radius 1 is 1.26 bits per heavy atom. The molecule has 0 radical (unpaired) electrons. The number of anilines is 2. The molecule has 122 valence electrons. The molecule has 1 saturated carbocycles. The number of rotatable bonds is 5. The van der Waals surface area contributed by atoms with E-state index in [0.29, 0.717) is 17.5 Å². The first-order valence-electron chi connectivity index (χ1n) is 8.14. The van der Waals surface area contributed by atoms with Crippen LogP contribution in [0, 0.1) is 0 Å². The van der Waals surface area contributed by atoms with Crippen LogP contribution < -0.4 is 10.6 Å². The Bertz CT molecular complexity index is 664. The molecular weight excluding hydrogens is 308 g/mol. The second-order valence-corrected chi connectivity index (χ2v) is 6.96. The molecule has 1 heterocycles. The highest BCUT2D eigenvalue weighted by Gasteiger charge is 2.20. The van der Waals surface area contributed by atoms with E-state index in [1.807, 2.05) is 31.3 Å². The summed E-state index contributed by atoms with van der Waals surface area (Å²) in [6.45, 7) is 0. The normalized spacial score (nSPS) is 15.3. The van der Waals surface area contributed by atoms with Gasteiger partial charge < -0.3 is 10.6 Å². The van der Waals surface area contributed by atoms with E-state index in [1.54, 1.807) is 0 Å². The first-order valence-corrected chi connectivity index (χ1v) is 8.96. The number of hydrogen-bond donors (Lipinski definition) is 2. The van der Waals surface area contributed by atoms with Gasteiger partial charge in [0.2, 0.25) is 11.0 Å². The predicted octanol–water partition coefficient (Wildman–Crippen LogP) is 3.81. The van der Waals surface area contributed by atoms with Gasteiger partial charge in [0.05, 0.1) is 6.42 Å². The fourth-order valence-corrected chi connectivity index (χ4v) is 3.91. The lowest BCUT2D eigenvalue weighted by Crippen LogP contribution is -2.14. The predicted molar refractivity (Wildman–Crippen MR) is 94.1 cm³/mol. The second kappa shape index (κ2) is 7.55. The Hall–Kier alpha value is -1.95. The molecule has 6 heteroatoms. The molecule has 0 unspecified atom stereocenters. The maximum atomic E-state index is 12.2. The first-order chi connectivity index (χ1) is 11.2. The number of carbonyl (C=O) groups excluding carboxylic acids is 1. The van der Waals surface area contributed by atoms with Gasteiger partial charge in [-0.15, -0.1) is 10.2 Å². The zero-order valence-corrected chi connectivity index (χ0v) is 14.2. The van der Waals surface area contributed by atoms with Gasteiger partial charge in [-0.1, -0.05) is 42.7 Å². The topological polar surface area (TPSA) is 66.9 Å². The van der Waals surface area contributed by atoms with E-state index < -0.39 is 0 Å². The average Bonchev–Trinajstić information content (AvgIpc) is 3.04. The van der Waals surface area contributed by atoms with Crippen molar-refractivity contribution in [2.75, 3.05) is 17.7 Å². The molecular formula is C17H22N4OS. The number of amides is 1. The van der Waals surface area contributed by atoms with Crippen molar-refractivity contribution in [1.29, 1.82) is 0 Å². The standard InChI is InChI=1S/C17H22N4OS/c1-18-14-9-5-6-12(10-14)11-15(22)19-17-21-20-16(23-17)13-7-3-2-4-8-13/h5-6,9-10,13,18H,2-4,7-8,11H2,1H3,(H,19,21,22). The van der Waals surface area contributed by atoms with Gasteiger partial charge >= 0.3 is 0 Å². The quantitative estimate of drug-likeness (QED) is 0.875. The van der Waals surface area contributed by atoms with Crippen molar-refractivity contribution >= 4 is 28.1 Å². The number of benzene rings is 1. The van der Waals surface area contributed by atoms with Gasteiger partial charge in [-0.05, 0) is 30.5 Å². The van der Waals surface area contributed by atoms with E-state index in [9.17, 15) is 4.79 Å². The van der Waals surface area contributed by atoms with Crippen molar-refractivity contribution < 1.29 is 4.79 Å². The molecule has 0 atom stereocenters. The Labute approximate surface area is 140 Å². The van der Waals surface area contributed by atoms with Crippen LogP contribution in [0.2, 0.25) is 0 Å². The van der Waals surface area contributed by atoms with Crippen molar-refractivity contribution in [2.24, 2.45) is 0 Å². The Morgan fingerprint density at radius 2 is 2.09 bits per heavy atom. The van der Waals surface area contributed by atoms with Gasteiger partial charge in [0.1, 0.15) is 5.01 Å². The van der Waals surface area contributed by atoms with E-state index in [0.717, 1.165) is 16.3 Å². The molecule has 1 fully saturated rings. The molecule has 1 aliphatic rings. The fourth-order valence-electron chi connectivity index (χ4n) is 2.99. The summed E-state index contributed by atoms with van der Waals surface area (Å²) in [5.41, 5.74) is 1.98. The van der Waals surface area contributed by atoms with E-state index in [4.69, 9.17) is 0 Å². The number of nitrogens with one attached hydrogen (secondary N) is 2. The molecule has 2 aromatic rings. The van der Waals surface area contributed by atoms with Gasteiger partial charge in [-0.3, -0.25) is 4.79 Å². The summed E-state index contributed by atoms with van der Waals surface area (Å²) in [5, 5.41) is 16.0. The fraction of sp³-hybridized carbons (Fsp3) is 0.471.